The summed E-state index contributed by atoms with van der Waals surface area (Å²) in [6.45, 7) is 9.77. The fraction of sp³-hybridized carbons (Fsp3) is 0.500. The molecule has 2 aromatic rings. The smallest absolute Gasteiger partial charge is 0.126 e. The Morgan fingerprint density at radius 1 is 1.07 bits per heavy atom. The maximum absolute atomic E-state index is 13.5. The number of rotatable bonds is 10. The molecule has 2 nitrogen and oxygen atoms in total. The number of halogens is 3. The van der Waals surface area contributed by atoms with Crippen LogP contribution >= 0.6 is 33.8 Å². The number of hydrogen-bond donors (Lipinski definition) is 2. The van der Waals surface area contributed by atoms with Crippen molar-refractivity contribution in [3.63, 3.8) is 0 Å². The van der Waals surface area contributed by atoms with E-state index in [4.69, 9.17) is 23.8 Å². The molecular formula is C22H31ClF2N2S2. The number of hydrogen-bond acceptors (Lipinski definition) is 2. The summed E-state index contributed by atoms with van der Waals surface area (Å²) in [6, 6.07) is 5.55. The highest BCUT2D eigenvalue weighted by Crippen LogP contribution is 2.50. The van der Waals surface area contributed by atoms with E-state index in [1.54, 1.807) is 0 Å². The van der Waals surface area contributed by atoms with Crippen LogP contribution in [0, 0.1) is 23.1 Å². The molecule has 0 spiro atoms. The summed E-state index contributed by atoms with van der Waals surface area (Å²) in [5.74, 6) is 3.52. The van der Waals surface area contributed by atoms with E-state index < -0.39 is 21.7 Å². The molecule has 1 atom stereocenters. The fourth-order valence-electron chi connectivity index (χ4n) is 3.78. The molecule has 0 amide bonds. The molecule has 0 aliphatic carbocycles. The van der Waals surface area contributed by atoms with Gasteiger partial charge in [0.2, 0.25) is 0 Å². The van der Waals surface area contributed by atoms with Crippen LogP contribution in [0.5, 0.6) is 0 Å². The fourth-order valence-corrected chi connectivity index (χ4v) is 7.76. The minimum Gasteiger partial charge on any atom is -0.350 e. The van der Waals surface area contributed by atoms with Gasteiger partial charge in [0.05, 0.1) is 0 Å². The van der Waals surface area contributed by atoms with E-state index in [1.807, 2.05) is 13.0 Å². The van der Waals surface area contributed by atoms with Crippen molar-refractivity contribution < 1.29 is 8.78 Å². The van der Waals surface area contributed by atoms with Gasteiger partial charge in [-0.2, -0.15) is 0 Å². The monoisotopic (exact) mass is 460 g/mol. The molecule has 0 saturated heterocycles. The Morgan fingerprint density at radius 3 is 2.17 bits per heavy atom. The van der Waals surface area contributed by atoms with Crippen LogP contribution in [0.25, 0.3) is 0 Å². The largest absolute Gasteiger partial charge is 0.350 e. The second-order valence-corrected chi connectivity index (χ2v) is 12.7. The number of nitrogens with one attached hydrogen (secondary N) is 2. The second kappa shape index (κ2) is 10.9. The van der Waals surface area contributed by atoms with Gasteiger partial charge < -0.3 is 10.3 Å². The highest BCUT2D eigenvalue weighted by molar-refractivity contribution is 8.33. The predicted molar refractivity (Wildman–Crippen MR) is 126 cm³/mol. The van der Waals surface area contributed by atoms with Crippen LogP contribution < -0.4 is 5.32 Å². The van der Waals surface area contributed by atoms with Crippen molar-refractivity contribution in [1.29, 1.82) is 0 Å². The third-order valence-electron chi connectivity index (χ3n) is 5.60. The van der Waals surface area contributed by atoms with E-state index in [9.17, 15) is 8.78 Å². The molecule has 0 bridgehead atoms. The topological polar surface area (TPSA) is 27.8 Å². The molecule has 0 aliphatic rings. The Bertz CT molecular complexity index is 853. The quantitative estimate of drug-likeness (QED) is 0.304. The van der Waals surface area contributed by atoms with Crippen LogP contribution in [0.2, 0.25) is 5.15 Å². The molecule has 2 rings (SSSR count). The Morgan fingerprint density at radius 2 is 1.66 bits per heavy atom. The van der Waals surface area contributed by atoms with Crippen LogP contribution in [-0.2, 0) is 6.54 Å². The molecule has 1 aromatic carbocycles. The molecule has 0 aliphatic heterocycles. The average molecular weight is 461 g/mol. The molecule has 0 saturated carbocycles. The molecule has 0 fully saturated rings. The first kappa shape index (κ1) is 24.3. The lowest BCUT2D eigenvalue weighted by Crippen LogP contribution is -2.28. The molecule has 7 heteroatoms. The number of pyridine rings is 1. The Balaban J connectivity index is 2.28. The normalized spacial score (nSPS) is 13.5. The molecule has 1 heterocycles. The van der Waals surface area contributed by atoms with Crippen molar-refractivity contribution in [1.82, 2.24) is 10.3 Å². The van der Waals surface area contributed by atoms with E-state index in [-0.39, 0.29) is 5.92 Å². The van der Waals surface area contributed by atoms with Gasteiger partial charge in [-0.3, -0.25) is 0 Å². The Kier molecular flexibility index (Phi) is 9.14. The van der Waals surface area contributed by atoms with Crippen LogP contribution in [-0.4, -0.2) is 34.5 Å². The summed E-state index contributed by atoms with van der Waals surface area (Å²) in [6.07, 6.45) is 0. The van der Waals surface area contributed by atoms with E-state index >= 15 is 0 Å². The van der Waals surface area contributed by atoms with Gasteiger partial charge >= 0.3 is 0 Å². The summed E-state index contributed by atoms with van der Waals surface area (Å²) in [7, 11) is -0.789. The first-order valence-corrected chi connectivity index (χ1v) is 13.1. The SMILES string of the molecule is CCS(CC)(CC)CC(CNCc1cc(F)cc(F)c1)c1c(Cl)[nH]c(C)cc1=S. The summed E-state index contributed by atoms with van der Waals surface area (Å²) in [5.41, 5.74) is 2.49. The first-order chi connectivity index (χ1) is 13.7. The second-order valence-electron chi connectivity index (χ2n) is 7.41. The molecule has 0 radical (unpaired) electrons. The van der Waals surface area contributed by atoms with Crippen LogP contribution in [0.15, 0.2) is 24.3 Å². The van der Waals surface area contributed by atoms with Gasteiger partial charge in [0.1, 0.15) is 16.8 Å². The van der Waals surface area contributed by atoms with E-state index in [2.05, 4.69) is 31.1 Å². The highest BCUT2D eigenvalue weighted by atomic mass is 35.5. The van der Waals surface area contributed by atoms with Crippen LogP contribution in [0.1, 0.15) is 43.5 Å². The maximum Gasteiger partial charge on any atom is 0.126 e. The van der Waals surface area contributed by atoms with Crippen molar-refractivity contribution in [2.45, 2.75) is 40.2 Å². The van der Waals surface area contributed by atoms with Gasteiger partial charge in [-0.25, -0.2) is 18.8 Å². The average Bonchev–Trinajstić information content (AvgIpc) is 2.64. The molecule has 29 heavy (non-hydrogen) atoms. The van der Waals surface area contributed by atoms with Crippen molar-refractivity contribution >= 4 is 33.8 Å². The van der Waals surface area contributed by atoms with Gasteiger partial charge in [0.25, 0.3) is 0 Å². The van der Waals surface area contributed by atoms with Crippen molar-refractivity contribution in [2.75, 3.05) is 29.6 Å². The van der Waals surface area contributed by atoms with Crippen molar-refractivity contribution in [3.8, 4) is 0 Å². The van der Waals surface area contributed by atoms with Gasteiger partial charge in [-0.1, -0.05) is 44.6 Å². The molecule has 1 unspecified atom stereocenters. The highest BCUT2D eigenvalue weighted by Gasteiger charge is 2.26. The zero-order chi connectivity index (χ0) is 21.6. The van der Waals surface area contributed by atoms with Gasteiger partial charge in [0.15, 0.2) is 0 Å². The maximum atomic E-state index is 13.5. The van der Waals surface area contributed by atoms with Gasteiger partial charge in [-0.05, 0) is 53.7 Å². The number of benzene rings is 1. The minimum atomic E-state index is -0.789. The lowest BCUT2D eigenvalue weighted by molar-refractivity contribution is 0.570. The van der Waals surface area contributed by atoms with Gasteiger partial charge in [-0.15, -0.1) is 0 Å². The zero-order valence-electron chi connectivity index (χ0n) is 17.6. The zero-order valence-corrected chi connectivity index (χ0v) is 20.0. The standard InChI is InChI=1S/C22H31ClF2N2S2/c1-5-29(6-2,7-3)14-17(21-20(28)8-15(4)27-22(21)23)13-26-12-16-9-18(24)11-19(25)10-16/h8-11,17,26H,5-7,12-14H2,1-4H3,(H,27,28). The molecule has 1 aromatic heterocycles. The molecular weight excluding hydrogens is 430 g/mol. The molecule has 2 N–H and O–H groups in total. The van der Waals surface area contributed by atoms with E-state index in [1.165, 1.54) is 12.1 Å². The summed E-state index contributed by atoms with van der Waals surface area (Å²) >= 11 is 12.2. The summed E-state index contributed by atoms with van der Waals surface area (Å²) in [4.78, 5) is 3.20. The van der Waals surface area contributed by atoms with E-state index in [0.29, 0.717) is 23.8 Å². The van der Waals surface area contributed by atoms with E-state index in [0.717, 1.165) is 44.8 Å². The number of aromatic amines is 1. The predicted octanol–water partition coefficient (Wildman–Crippen LogP) is 6.72. The first-order valence-electron chi connectivity index (χ1n) is 10.0. The van der Waals surface area contributed by atoms with Crippen LogP contribution in [0.4, 0.5) is 8.78 Å². The van der Waals surface area contributed by atoms with Crippen molar-refractivity contribution in [2.24, 2.45) is 0 Å². The number of aromatic nitrogens is 1. The van der Waals surface area contributed by atoms with Crippen LogP contribution in [0.3, 0.4) is 0 Å². The number of aryl methyl sites for hydroxylation is 1. The molecule has 162 valence electrons. The summed E-state index contributed by atoms with van der Waals surface area (Å²) in [5, 5.41) is 3.97. The third kappa shape index (κ3) is 6.51. The lowest BCUT2D eigenvalue weighted by Gasteiger charge is -2.40. The van der Waals surface area contributed by atoms with Gasteiger partial charge in [0, 0.05) is 40.8 Å². The lowest BCUT2D eigenvalue weighted by atomic mass is 10.0. The Labute approximate surface area is 184 Å². The van der Waals surface area contributed by atoms with Crippen molar-refractivity contribution in [3.05, 3.63) is 62.4 Å². The number of H-pyrrole nitrogens is 1. The Hall–Kier alpha value is -0.950. The summed E-state index contributed by atoms with van der Waals surface area (Å²) < 4.78 is 27.7. The minimum absolute atomic E-state index is 0.139. The third-order valence-corrected chi connectivity index (χ3v) is 11.0.